The number of halogens is 1. The van der Waals surface area contributed by atoms with Crippen LogP contribution in [0.3, 0.4) is 0 Å². The van der Waals surface area contributed by atoms with E-state index in [1.54, 1.807) is 24.3 Å². The fourth-order valence-corrected chi connectivity index (χ4v) is 3.38. The molecule has 1 N–H and O–H groups in total. The topological polar surface area (TPSA) is 61.9 Å². The lowest BCUT2D eigenvalue weighted by molar-refractivity contribution is -0.117. The smallest absolute Gasteiger partial charge is 0.339 e. The van der Waals surface area contributed by atoms with Gasteiger partial charge in [0.15, 0.2) is 0 Å². The Morgan fingerprint density at radius 3 is 2.41 bits per heavy atom. The van der Waals surface area contributed by atoms with Gasteiger partial charge < -0.3 is 15.0 Å². The van der Waals surface area contributed by atoms with E-state index in [-0.39, 0.29) is 12.5 Å². The van der Waals surface area contributed by atoms with Crippen LogP contribution in [0, 0.1) is 0 Å². The number of nitrogens with zero attached hydrogens (tertiary/aromatic N) is 2. The van der Waals surface area contributed by atoms with Crippen molar-refractivity contribution in [3.63, 3.8) is 0 Å². The molecule has 0 spiro atoms. The number of benzene rings is 2. The van der Waals surface area contributed by atoms with Gasteiger partial charge in [0.25, 0.3) is 0 Å². The van der Waals surface area contributed by atoms with Crippen molar-refractivity contribution < 1.29 is 14.3 Å². The Hall–Kier alpha value is -2.57. The Labute approximate surface area is 163 Å². The molecule has 3 rings (SSSR count). The van der Waals surface area contributed by atoms with Crippen molar-refractivity contribution in [2.45, 2.75) is 0 Å². The maximum atomic E-state index is 12.4. The van der Waals surface area contributed by atoms with Crippen molar-refractivity contribution in [3.05, 3.63) is 59.1 Å². The van der Waals surface area contributed by atoms with Gasteiger partial charge in [-0.1, -0.05) is 35.9 Å². The standard InChI is InChI=1S/C20H22ClN3O3/c1-27-20(26)15-6-2-4-8-17(15)22-19(25)14-23-10-12-24(13-11-23)18-9-5-3-7-16(18)21/h2-9H,10-14H2,1H3,(H,22,25). The highest BCUT2D eigenvalue weighted by molar-refractivity contribution is 6.33. The lowest BCUT2D eigenvalue weighted by atomic mass is 10.2. The first-order chi connectivity index (χ1) is 13.1. The Kier molecular flexibility index (Phi) is 6.32. The van der Waals surface area contributed by atoms with E-state index in [4.69, 9.17) is 16.3 Å². The highest BCUT2D eigenvalue weighted by Crippen LogP contribution is 2.26. The normalized spacial score (nSPS) is 14.7. The number of rotatable bonds is 5. The molecule has 1 aliphatic heterocycles. The van der Waals surface area contributed by atoms with Gasteiger partial charge >= 0.3 is 5.97 Å². The van der Waals surface area contributed by atoms with Gasteiger partial charge in [0.1, 0.15) is 0 Å². The molecule has 142 valence electrons. The van der Waals surface area contributed by atoms with Crippen LogP contribution in [-0.4, -0.2) is 56.6 Å². The number of esters is 1. The molecular formula is C20H22ClN3O3. The predicted molar refractivity (Wildman–Crippen MR) is 107 cm³/mol. The fraction of sp³-hybridized carbons (Fsp3) is 0.300. The first-order valence-electron chi connectivity index (χ1n) is 8.77. The largest absolute Gasteiger partial charge is 0.465 e. The molecule has 0 aliphatic carbocycles. The summed E-state index contributed by atoms with van der Waals surface area (Å²) in [6, 6.07) is 14.6. The van der Waals surface area contributed by atoms with E-state index in [0.717, 1.165) is 36.9 Å². The molecule has 2 aromatic carbocycles. The summed E-state index contributed by atoms with van der Waals surface area (Å²) < 4.78 is 4.75. The van der Waals surface area contributed by atoms with Crippen molar-refractivity contribution in [3.8, 4) is 0 Å². The van der Waals surface area contributed by atoms with E-state index in [2.05, 4.69) is 15.1 Å². The summed E-state index contributed by atoms with van der Waals surface area (Å²) in [6.07, 6.45) is 0. The number of methoxy groups -OCH3 is 1. The van der Waals surface area contributed by atoms with Crippen LogP contribution in [0.4, 0.5) is 11.4 Å². The van der Waals surface area contributed by atoms with E-state index >= 15 is 0 Å². The predicted octanol–water partition coefficient (Wildman–Crippen LogP) is 2.89. The van der Waals surface area contributed by atoms with Crippen molar-refractivity contribution in [1.82, 2.24) is 4.90 Å². The maximum Gasteiger partial charge on any atom is 0.339 e. The molecule has 6 nitrogen and oxygen atoms in total. The zero-order valence-electron chi connectivity index (χ0n) is 15.2. The molecule has 0 bridgehead atoms. The number of ether oxygens (including phenoxy) is 1. The lowest BCUT2D eigenvalue weighted by Gasteiger charge is -2.36. The summed E-state index contributed by atoms with van der Waals surface area (Å²) in [5.74, 6) is -0.628. The van der Waals surface area contributed by atoms with Crippen LogP contribution in [0.5, 0.6) is 0 Å². The number of hydrogen-bond donors (Lipinski definition) is 1. The highest BCUT2D eigenvalue weighted by atomic mass is 35.5. The van der Waals surface area contributed by atoms with Crippen LogP contribution in [0.1, 0.15) is 10.4 Å². The number of nitrogens with one attached hydrogen (secondary N) is 1. The average molecular weight is 388 g/mol. The summed E-state index contributed by atoms with van der Waals surface area (Å²) in [4.78, 5) is 28.5. The average Bonchev–Trinajstić information content (AvgIpc) is 2.69. The van der Waals surface area contributed by atoms with Crippen LogP contribution in [-0.2, 0) is 9.53 Å². The molecule has 1 aliphatic rings. The summed E-state index contributed by atoms with van der Waals surface area (Å²) in [7, 11) is 1.32. The number of anilines is 2. The fourth-order valence-electron chi connectivity index (χ4n) is 3.13. The molecule has 27 heavy (non-hydrogen) atoms. The monoisotopic (exact) mass is 387 g/mol. The van der Waals surface area contributed by atoms with Crippen LogP contribution >= 0.6 is 11.6 Å². The van der Waals surface area contributed by atoms with E-state index in [1.807, 2.05) is 24.3 Å². The summed E-state index contributed by atoms with van der Waals surface area (Å²) in [6.45, 7) is 3.39. The molecule has 0 unspecified atom stereocenters. The van der Waals surface area contributed by atoms with Crippen molar-refractivity contribution in [2.75, 3.05) is 50.1 Å². The molecule has 1 saturated heterocycles. The van der Waals surface area contributed by atoms with Crippen LogP contribution in [0.15, 0.2) is 48.5 Å². The molecule has 7 heteroatoms. The summed E-state index contributed by atoms with van der Waals surface area (Å²) >= 11 is 6.26. The van der Waals surface area contributed by atoms with Crippen LogP contribution < -0.4 is 10.2 Å². The number of para-hydroxylation sites is 2. The van der Waals surface area contributed by atoms with Crippen LogP contribution in [0.25, 0.3) is 0 Å². The Morgan fingerprint density at radius 2 is 1.70 bits per heavy atom. The second kappa shape index (κ2) is 8.88. The van der Waals surface area contributed by atoms with Crippen molar-refractivity contribution >= 4 is 34.9 Å². The van der Waals surface area contributed by atoms with Gasteiger partial charge in [-0.2, -0.15) is 0 Å². The first-order valence-corrected chi connectivity index (χ1v) is 9.15. The minimum atomic E-state index is -0.473. The van der Waals surface area contributed by atoms with Crippen molar-refractivity contribution in [1.29, 1.82) is 0 Å². The SMILES string of the molecule is COC(=O)c1ccccc1NC(=O)CN1CCN(c2ccccc2Cl)CC1. The minimum Gasteiger partial charge on any atom is -0.465 e. The van der Waals surface area contributed by atoms with Gasteiger partial charge in [-0.15, -0.1) is 0 Å². The molecule has 0 saturated carbocycles. The van der Waals surface area contributed by atoms with E-state index in [0.29, 0.717) is 11.3 Å². The van der Waals surface area contributed by atoms with Gasteiger partial charge in [0.2, 0.25) is 5.91 Å². The Bertz CT molecular complexity index is 820. The first kappa shape index (κ1) is 19.2. The molecule has 0 radical (unpaired) electrons. The maximum absolute atomic E-state index is 12.4. The molecule has 0 atom stereocenters. The van der Waals surface area contributed by atoms with E-state index in [1.165, 1.54) is 7.11 Å². The van der Waals surface area contributed by atoms with Gasteiger partial charge in [-0.3, -0.25) is 9.69 Å². The summed E-state index contributed by atoms with van der Waals surface area (Å²) in [5.41, 5.74) is 1.83. The third-order valence-electron chi connectivity index (χ3n) is 4.54. The Morgan fingerprint density at radius 1 is 1.04 bits per heavy atom. The van der Waals surface area contributed by atoms with E-state index < -0.39 is 5.97 Å². The quantitative estimate of drug-likeness (QED) is 0.799. The number of carbonyl (C=O) groups excluding carboxylic acids is 2. The second-order valence-corrected chi connectivity index (χ2v) is 6.71. The zero-order chi connectivity index (χ0) is 19.2. The van der Waals surface area contributed by atoms with Gasteiger partial charge in [-0.05, 0) is 24.3 Å². The Balaban J connectivity index is 1.55. The zero-order valence-corrected chi connectivity index (χ0v) is 15.9. The van der Waals surface area contributed by atoms with Gasteiger partial charge in [-0.25, -0.2) is 4.79 Å². The molecule has 1 fully saturated rings. The molecule has 2 aromatic rings. The van der Waals surface area contributed by atoms with E-state index in [9.17, 15) is 9.59 Å². The molecule has 1 amide bonds. The lowest BCUT2D eigenvalue weighted by Crippen LogP contribution is -2.48. The number of hydrogen-bond acceptors (Lipinski definition) is 5. The second-order valence-electron chi connectivity index (χ2n) is 6.30. The third kappa shape index (κ3) is 4.78. The summed E-state index contributed by atoms with van der Waals surface area (Å²) in [5, 5.41) is 3.55. The number of carbonyl (C=O) groups is 2. The molecule has 0 aromatic heterocycles. The van der Waals surface area contributed by atoms with Gasteiger partial charge in [0, 0.05) is 26.2 Å². The minimum absolute atomic E-state index is 0.155. The molecule has 1 heterocycles. The van der Waals surface area contributed by atoms with Crippen LogP contribution in [0.2, 0.25) is 5.02 Å². The third-order valence-corrected chi connectivity index (χ3v) is 4.86. The molecular weight excluding hydrogens is 366 g/mol. The number of piperazine rings is 1. The van der Waals surface area contributed by atoms with Crippen molar-refractivity contribution in [2.24, 2.45) is 0 Å². The highest BCUT2D eigenvalue weighted by Gasteiger charge is 2.21. The van der Waals surface area contributed by atoms with Gasteiger partial charge in [0.05, 0.1) is 35.6 Å². The number of amides is 1.